The normalized spacial score (nSPS) is 10.7. The van der Waals surface area contributed by atoms with Crippen LogP contribution < -0.4 is 5.32 Å². The van der Waals surface area contributed by atoms with Gasteiger partial charge >= 0.3 is 0 Å². The lowest BCUT2D eigenvalue weighted by atomic mass is 10.1. The van der Waals surface area contributed by atoms with E-state index in [1.54, 1.807) is 18.1 Å². The Kier molecular flexibility index (Phi) is 3.33. The molecule has 7 heteroatoms. The van der Waals surface area contributed by atoms with Crippen LogP contribution in [0.4, 0.5) is 0 Å². The van der Waals surface area contributed by atoms with Crippen molar-refractivity contribution in [3.63, 3.8) is 0 Å². The van der Waals surface area contributed by atoms with Gasteiger partial charge < -0.3 is 20.6 Å². The summed E-state index contributed by atoms with van der Waals surface area (Å²) >= 11 is 0. The second-order valence-corrected chi connectivity index (χ2v) is 3.88. The summed E-state index contributed by atoms with van der Waals surface area (Å²) in [6.45, 7) is 0.778. The summed E-state index contributed by atoms with van der Waals surface area (Å²) in [5.74, 6) is -0.538. The minimum absolute atomic E-state index is 0.323. The third-order valence-corrected chi connectivity index (χ3v) is 2.46. The number of nitrogens with zero attached hydrogens (tertiary/aromatic N) is 3. The summed E-state index contributed by atoms with van der Waals surface area (Å²) in [5, 5.41) is 35.2. The second kappa shape index (κ2) is 4.92. The van der Waals surface area contributed by atoms with E-state index in [9.17, 15) is 15.3 Å². The molecule has 0 unspecified atom stereocenters. The van der Waals surface area contributed by atoms with Crippen LogP contribution in [0.15, 0.2) is 18.5 Å². The van der Waals surface area contributed by atoms with E-state index in [4.69, 9.17) is 0 Å². The Morgan fingerprint density at radius 1 is 1.17 bits per heavy atom. The Morgan fingerprint density at radius 3 is 2.61 bits per heavy atom. The standard InChI is InChI=1S/C11H14N4O3/c1-15-6-13-9(14-15)5-12-4-7-2-3-8(16)11(18)10(7)17/h2-3,6,12,16-18H,4-5H2,1H3. The van der Waals surface area contributed by atoms with Crippen LogP contribution in [0.3, 0.4) is 0 Å². The molecule has 0 aliphatic carbocycles. The molecular formula is C11H14N4O3. The summed E-state index contributed by atoms with van der Waals surface area (Å²) in [6.07, 6.45) is 1.60. The lowest BCUT2D eigenvalue weighted by Gasteiger charge is -2.07. The maximum absolute atomic E-state index is 9.59. The highest BCUT2D eigenvalue weighted by molar-refractivity contribution is 5.52. The van der Waals surface area contributed by atoms with E-state index in [0.29, 0.717) is 24.5 Å². The largest absolute Gasteiger partial charge is 0.504 e. The lowest BCUT2D eigenvalue weighted by Crippen LogP contribution is -2.14. The van der Waals surface area contributed by atoms with Crippen molar-refractivity contribution in [2.45, 2.75) is 13.1 Å². The minimum atomic E-state index is -0.509. The van der Waals surface area contributed by atoms with Crippen LogP contribution in [0.1, 0.15) is 11.4 Å². The van der Waals surface area contributed by atoms with Crippen molar-refractivity contribution in [2.75, 3.05) is 0 Å². The molecule has 0 aliphatic rings. The monoisotopic (exact) mass is 250 g/mol. The van der Waals surface area contributed by atoms with Crippen molar-refractivity contribution in [1.29, 1.82) is 0 Å². The molecule has 1 aromatic heterocycles. The fourth-order valence-electron chi connectivity index (χ4n) is 1.53. The van der Waals surface area contributed by atoms with E-state index >= 15 is 0 Å². The minimum Gasteiger partial charge on any atom is -0.504 e. The number of benzene rings is 1. The van der Waals surface area contributed by atoms with Crippen molar-refractivity contribution >= 4 is 0 Å². The fraction of sp³-hybridized carbons (Fsp3) is 0.273. The van der Waals surface area contributed by atoms with Gasteiger partial charge in [-0.25, -0.2) is 4.98 Å². The van der Waals surface area contributed by atoms with Gasteiger partial charge in [0.25, 0.3) is 0 Å². The first-order valence-corrected chi connectivity index (χ1v) is 5.36. The number of rotatable bonds is 4. The SMILES string of the molecule is Cn1cnc(CNCc2ccc(O)c(O)c2O)n1. The van der Waals surface area contributed by atoms with Crippen LogP contribution in [0.25, 0.3) is 0 Å². The van der Waals surface area contributed by atoms with Gasteiger partial charge in [0.05, 0.1) is 6.54 Å². The zero-order chi connectivity index (χ0) is 13.1. The quantitative estimate of drug-likeness (QED) is 0.579. The molecule has 0 atom stereocenters. The number of hydrogen-bond donors (Lipinski definition) is 4. The molecule has 96 valence electrons. The van der Waals surface area contributed by atoms with Gasteiger partial charge in [-0.2, -0.15) is 5.10 Å². The number of aryl methyl sites for hydroxylation is 1. The molecular weight excluding hydrogens is 236 g/mol. The zero-order valence-electron chi connectivity index (χ0n) is 9.83. The van der Waals surface area contributed by atoms with Crippen LogP contribution in [-0.4, -0.2) is 30.1 Å². The molecule has 0 amide bonds. The maximum atomic E-state index is 9.59. The van der Waals surface area contributed by atoms with Crippen LogP contribution in [0.5, 0.6) is 17.2 Å². The molecule has 1 aromatic carbocycles. The number of aromatic nitrogens is 3. The van der Waals surface area contributed by atoms with E-state index in [0.717, 1.165) is 0 Å². The van der Waals surface area contributed by atoms with Crippen LogP contribution >= 0.6 is 0 Å². The molecule has 0 bridgehead atoms. The number of hydrogen-bond acceptors (Lipinski definition) is 6. The molecule has 0 saturated heterocycles. The first kappa shape index (κ1) is 12.2. The third-order valence-electron chi connectivity index (χ3n) is 2.46. The molecule has 0 fully saturated rings. The third kappa shape index (κ3) is 2.51. The number of phenols is 3. The highest BCUT2D eigenvalue weighted by Crippen LogP contribution is 2.36. The molecule has 2 rings (SSSR count). The number of aromatic hydroxyl groups is 3. The van der Waals surface area contributed by atoms with Crippen LogP contribution in [-0.2, 0) is 20.1 Å². The van der Waals surface area contributed by atoms with E-state index in [2.05, 4.69) is 15.4 Å². The van der Waals surface area contributed by atoms with E-state index in [1.807, 2.05) is 0 Å². The molecule has 0 aliphatic heterocycles. The molecule has 0 spiro atoms. The first-order valence-electron chi connectivity index (χ1n) is 5.36. The summed E-state index contributed by atoms with van der Waals surface area (Å²) < 4.78 is 1.60. The molecule has 4 N–H and O–H groups in total. The molecule has 0 saturated carbocycles. The average Bonchev–Trinajstić information content (AvgIpc) is 2.75. The molecule has 0 radical (unpaired) electrons. The van der Waals surface area contributed by atoms with Crippen molar-refractivity contribution in [1.82, 2.24) is 20.1 Å². The van der Waals surface area contributed by atoms with Gasteiger partial charge in [0, 0.05) is 19.2 Å². The van der Waals surface area contributed by atoms with Crippen molar-refractivity contribution in [3.05, 3.63) is 29.8 Å². The summed E-state index contributed by atoms with van der Waals surface area (Å²) in [6, 6.07) is 2.86. The molecule has 18 heavy (non-hydrogen) atoms. The van der Waals surface area contributed by atoms with Gasteiger partial charge in [-0.15, -0.1) is 0 Å². The number of nitrogens with one attached hydrogen (secondary N) is 1. The predicted octanol–water partition coefficient (Wildman–Crippen LogP) is 0.222. The van der Waals surface area contributed by atoms with Gasteiger partial charge in [-0.05, 0) is 6.07 Å². The van der Waals surface area contributed by atoms with E-state index in [-0.39, 0.29) is 11.5 Å². The Bertz CT molecular complexity index is 553. The number of phenolic OH excluding ortho intramolecular Hbond substituents is 3. The van der Waals surface area contributed by atoms with Crippen molar-refractivity contribution in [2.24, 2.45) is 7.05 Å². The zero-order valence-corrected chi connectivity index (χ0v) is 9.83. The van der Waals surface area contributed by atoms with Crippen LogP contribution in [0, 0.1) is 0 Å². The van der Waals surface area contributed by atoms with Crippen LogP contribution in [0.2, 0.25) is 0 Å². The molecule has 7 nitrogen and oxygen atoms in total. The van der Waals surface area contributed by atoms with E-state index < -0.39 is 5.75 Å². The first-order chi connectivity index (χ1) is 8.58. The van der Waals surface area contributed by atoms with Gasteiger partial charge in [-0.1, -0.05) is 6.07 Å². The van der Waals surface area contributed by atoms with Gasteiger partial charge in [0.15, 0.2) is 17.3 Å². The lowest BCUT2D eigenvalue weighted by molar-refractivity contribution is 0.364. The van der Waals surface area contributed by atoms with E-state index in [1.165, 1.54) is 12.1 Å². The smallest absolute Gasteiger partial charge is 0.200 e. The Morgan fingerprint density at radius 2 is 1.94 bits per heavy atom. The topological polar surface area (TPSA) is 103 Å². The fourth-order valence-corrected chi connectivity index (χ4v) is 1.53. The van der Waals surface area contributed by atoms with Crippen molar-refractivity contribution < 1.29 is 15.3 Å². The Labute approximate surface area is 103 Å². The highest BCUT2D eigenvalue weighted by Gasteiger charge is 2.10. The maximum Gasteiger partial charge on any atom is 0.200 e. The van der Waals surface area contributed by atoms with Gasteiger partial charge in [-0.3, -0.25) is 4.68 Å². The summed E-state index contributed by atoms with van der Waals surface area (Å²) in [4.78, 5) is 4.04. The summed E-state index contributed by atoms with van der Waals surface area (Å²) in [5.41, 5.74) is 0.487. The van der Waals surface area contributed by atoms with Crippen molar-refractivity contribution in [3.8, 4) is 17.2 Å². The summed E-state index contributed by atoms with van der Waals surface area (Å²) in [7, 11) is 1.78. The predicted molar refractivity (Wildman–Crippen MR) is 63.0 cm³/mol. The average molecular weight is 250 g/mol. The Balaban J connectivity index is 1.96. The second-order valence-electron chi connectivity index (χ2n) is 3.88. The van der Waals surface area contributed by atoms with Gasteiger partial charge in [0.1, 0.15) is 6.33 Å². The molecule has 1 heterocycles. The van der Waals surface area contributed by atoms with Gasteiger partial charge in [0.2, 0.25) is 5.75 Å². The molecule has 2 aromatic rings. The highest BCUT2D eigenvalue weighted by atomic mass is 16.3. The Hall–Kier alpha value is -2.28.